The lowest BCUT2D eigenvalue weighted by Gasteiger charge is -2.29. The highest BCUT2D eigenvalue weighted by Gasteiger charge is 2.38. The number of hydrogen-bond acceptors (Lipinski definition) is 13. The van der Waals surface area contributed by atoms with Crippen molar-refractivity contribution in [3.63, 3.8) is 0 Å². The SMILES string of the molecule is CC(C)CC(NC(=O)C(N)CO)C(=O)NCC(=O)N1CCCC1C(=O)NC(CC(C)C)C(=O)NC(CC(C)C)C(=O)NC(CC(=O)O)C(=O)NCC(=O)NC(C(=O)O)C(C)O. The number of amides is 8. The Bertz CT molecular complexity index is 1570. The van der Waals surface area contributed by atoms with Crippen molar-refractivity contribution in [3.8, 4) is 0 Å². The third kappa shape index (κ3) is 19.2. The summed E-state index contributed by atoms with van der Waals surface area (Å²) in [5.41, 5.74) is 5.57. The van der Waals surface area contributed by atoms with Gasteiger partial charge in [-0.25, -0.2) is 4.79 Å². The van der Waals surface area contributed by atoms with E-state index in [-0.39, 0.29) is 50.0 Å². The van der Waals surface area contributed by atoms with E-state index in [1.54, 1.807) is 27.7 Å². The Morgan fingerprint density at radius 1 is 0.639 bits per heavy atom. The lowest BCUT2D eigenvalue weighted by Crippen LogP contribution is -2.59. The molecule has 346 valence electrons. The van der Waals surface area contributed by atoms with Gasteiger partial charge in [-0.1, -0.05) is 41.5 Å². The van der Waals surface area contributed by atoms with Crippen molar-refractivity contribution in [1.82, 2.24) is 42.1 Å². The molecular weight excluding hydrogens is 806 g/mol. The topological polar surface area (TPSA) is 365 Å². The van der Waals surface area contributed by atoms with Gasteiger partial charge >= 0.3 is 11.9 Å². The Labute approximate surface area is 354 Å². The number of nitrogens with one attached hydrogen (secondary N) is 7. The molecule has 23 heteroatoms. The van der Waals surface area contributed by atoms with Crippen LogP contribution in [0.5, 0.6) is 0 Å². The largest absolute Gasteiger partial charge is 0.481 e. The maximum atomic E-state index is 13.8. The second-order valence-electron chi connectivity index (χ2n) is 16.3. The predicted octanol–water partition coefficient (Wildman–Crippen LogP) is -3.97. The Balaban J connectivity index is 3.11. The van der Waals surface area contributed by atoms with Crippen LogP contribution in [0.15, 0.2) is 0 Å². The summed E-state index contributed by atoms with van der Waals surface area (Å²) in [4.78, 5) is 129. The maximum absolute atomic E-state index is 13.8. The van der Waals surface area contributed by atoms with Crippen LogP contribution in [0.1, 0.15) is 87.0 Å². The third-order valence-electron chi connectivity index (χ3n) is 9.34. The van der Waals surface area contributed by atoms with Gasteiger partial charge in [0.05, 0.1) is 32.2 Å². The third-order valence-corrected chi connectivity index (χ3v) is 9.34. The van der Waals surface area contributed by atoms with Gasteiger partial charge in [0, 0.05) is 6.54 Å². The van der Waals surface area contributed by atoms with Gasteiger partial charge in [-0.2, -0.15) is 0 Å². The average molecular weight is 872 g/mol. The number of likely N-dealkylation sites (tertiary alicyclic amines) is 1. The van der Waals surface area contributed by atoms with Gasteiger partial charge in [0.25, 0.3) is 0 Å². The molecule has 23 nitrogen and oxygen atoms in total. The van der Waals surface area contributed by atoms with Crippen LogP contribution in [0.3, 0.4) is 0 Å². The highest BCUT2D eigenvalue weighted by atomic mass is 16.4. The summed E-state index contributed by atoms with van der Waals surface area (Å²) in [7, 11) is 0. The highest BCUT2D eigenvalue weighted by Crippen LogP contribution is 2.19. The molecule has 0 aromatic heterocycles. The summed E-state index contributed by atoms with van der Waals surface area (Å²) in [6.45, 7) is 9.98. The van der Waals surface area contributed by atoms with E-state index >= 15 is 0 Å². The van der Waals surface area contributed by atoms with Crippen LogP contribution in [0, 0.1) is 17.8 Å². The molecule has 1 aliphatic rings. The first kappa shape index (κ1) is 53.6. The molecule has 1 rings (SSSR count). The first-order chi connectivity index (χ1) is 28.4. The average Bonchev–Trinajstić information content (AvgIpc) is 3.66. The monoisotopic (exact) mass is 871 g/mol. The molecule has 1 heterocycles. The van der Waals surface area contributed by atoms with E-state index in [1.807, 2.05) is 19.2 Å². The zero-order valence-electron chi connectivity index (χ0n) is 35.8. The number of carboxylic acid groups (broad SMARTS) is 2. The molecule has 8 atom stereocenters. The van der Waals surface area contributed by atoms with Crippen LogP contribution in [0.25, 0.3) is 0 Å². The Kier molecular flexibility index (Phi) is 22.9. The van der Waals surface area contributed by atoms with E-state index in [2.05, 4.69) is 31.9 Å². The van der Waals surface area contributed by atoms with Crippen LogP contribution >= 0.6 is 0 Å². The first-order valence-electron chi connectivity index (χ1n) is 20.2. The van der Waals surface area contributed by atoms with Crippen LogP contribution in [-0.2, 0) is 47.9 Å². The Morgan fingerprint density at radius 2 is 1.10 bits per heavy atom. The lowest BCUT2D eigenvalue weighted by molar-refractivity contribution is -0.145. The van der Waals surface area contributed by atoms with Gasteiger partial charge < -0.3 is 68.3 Å². The molecule has 0 aromatic carbocycles. The van der Waals surface area contributed by atoms with E-state index in [9.17, 15) is 63.3 Å². The fourth-order valence-electron chi connectivity index (χ4n) is 6.30. The number of carboxylic acids is 2. The van der Waals surface area contributed by atoms with Crippen LogP contribution in [-0.4, -0.2) is 159 Å². The van der Waals surface area contributed by atoms with E-state index < -0.39 is 134 Å². The molecule has 1 saturated heterocycles. The summed E-state index contributed by atoms with van der Waals surface area (Å²) < 4.78 is 0. The van der Waals surface area contributed by atoms with E-state index in [1.165, 1.54) is 4.90 Å². The Hall–Kier alpha value is -5.42. The van der Waals surface area contributed by atoms with Crippen molar-refractivity contribution in [2.75, 3.05) is 26.2 Å². The summed E-state index contributed by atoms with van der Waals surface area (Å²) in [5.74, 6) is -10.1. The molecule has 1 fully saturated rings. The molecule has 0 radical (unpaired) electrons. The second-order valence-corrected chi connectivity index (χ2v) is 16.3. The standard InChI is InChI=1S/C38H65N9O14/c1-18(2)11-23(42-32(54)22(39)17-48)33(55)41-16-29(51)47-10-8-9-27(47)37(59)45-25(13-20(5)6)36(58)43-24(12-19(3)4)35(57)44-26(14-30(52)53)34(56)40-15-28(50)46-31(21(7)49)38(60)61/h18-27,31,48-49H,8-17,39H2,1-7H3,(H,40,56)(H,41,55)(H,42,54)(H,43,58)(H,44,57)(H,45,59)(H,46,50)(H,52,53)(H,60,61). The summed E-state index contributed by atoms with van der Waals surface area (Å²) in [6.07, 6.45) is -1.44. The molecule has 8 amide bonds. The minimum atomic E-state index is -1.75. The maximum Gasteiger partial charge on any atom is 0.328 e. The van der Waals surface area contributed by atoms with Crippen molar-refractivity contribution >= 4 is 59.2 Å². The molecule has 0 spiro atoms. The summed E-state index contributed by atoms with van der Waals surface area (Å²) >= 11 is 0. The number of aliphatic hydroxyl groups excluding tert-OH is 2. The zero-order chi connectivity index (χ0) is 46.7. The predicted molar refractivity (Wildman–Crippen MR) is 215 cm³/mol. The van der Waals surface area contributed by atoms with Crippen LogP contribution in [0.2, 0.25) is 0 Å². The molecule has 8 unspecified atom stereocenters. The number of carbonyl (C=O) groups is 10. The fraction of sp³-hybridized carbons (Fsp3) is 0.737. The molecule has 0 saturated carbocycles. The zero-order valence-corrected chi connectivity index (χ0v) is 35.8. The number of aliphatic hydroxyl groups is 2. The van der Waals surface area contributed by atoms with Crippen molar-refractivity contribution in [2.24, 2.45) is 23.5 Å². The smallest absolute Gasteiger partial charge is 0.328 e. The van der Waals surface area contributed by atoms with Gasteiger partial charge in [0.1, 0.15) is 36.3 Å². The van der Waals surface area contributed by atoms with Crippen molar-refractivity contribution in [2.45, 2.75) is 135 Å². The number of carbonyl (C=O) groups excluding carboxylic acids is 8. The van der Waals surface area contributed by atoms with Gasteiger partial charge in [0.2, 0.25) is 47.3 Å². The number of nitrogens with two attached hydrogens (primary N) is 1. The minimum absolute atomic E-state index is 0.00618. The number of aliphatic carboxylic acids is 2. The molecule has 0 aromatic rings. The molecule has 1 aliphatic heterocycles. The number of nitrogens with zero attached hydrogens (tertiary/aromatic N) is 1. The normalized spacial score (nSPS) is 17.2. The molecular formula is C38H65N9O14. The summed E-state index contributed by atoms with van der Waals surface area (Å²) in [6, 6.07) is -9.33. The van der Waals surface area contributed by atoms with Gasteiger partial charge in [-0.3, -0.25) is 43.2 Å². The molecule has 0 aliphatic carbocycles. The summed E-state index contributed by atoms with van der Waals surface area (Å²) in [5, 5.41) is 54.0. The fourth-order valence-corrected chi connectivity index (χ4v) is 6.30. The van der Waals surface area contributed by atoms with Gasteiger partial charge in [-0.15, -0.1) is 0 Å². The quantitative estimate of drug-likeness (QED) is 0.0395. The lowest BCUT2D eigenvalue weighted by atomic mass is 9.99. The molecule has 61 heavy (non-hydrogen) atoms. The number of rotatable bonds is 26. The highest BCUT2D eigenvalue weighted by molar-refractivity contribution is 5.98. The van der Waals surface area contributed by atoms with Crippen LogP contribution < -0.4 is 43.0 Å². The second kappa shape index (κ2) is 26.0. The van der Waals surface area contributed by atoms with E-state index in [0.29, 0.717) is 6.42 Å². The Morgan fingerprint density at radius 3 is 1.57 bits per heavy atom. The van der Waals surface area contributed by atoms with Gasteiger partial charge in [-0.05, 0) is 56.8 Å². The van der Waals surface area contributed by atoms with Crippen LogP contribution in [0.4, 0.5) is 0 Å². The van der Waals surface area contributed by atoms with Crippen molar-refractivity contribution in [1.29, 1.82) is 0 Å². The van der Waals surface area contributed by atoms with Gasteiger partial charge in [0.15, 0.2) is 6.04 Å². The number of hydrogen-bond donors (Lipinski definition) is 12. The minimum Gasteiger partial charge on any atom is -0.481 e. The molecule has 13 N–H and O–H groups in total. The van der Waals surface area contributed by atoms with Crippen molar-refractivity contribution < 1.29 is 68.4 Å². The molecule has 0 bridgehead atoms. The first-order valence-corrected chi connectivity index (χ1v) is 20.2. The van der Waals surface area contributed by atoms with Crippen molar-refractivity contribution in [3.05, 3.63) is 0 Å². The van der Waals surface area contributed by atoms with E-state index in [4.69, 9.17) is 10.8 Å². The van der Waals surface area contributed by atoms with E-state index in [0.717, 1.165) is 6.92 Å².